The average molecular weight is 324 g/mol. The summed E-state index contributed by atoms with van der Waals surface area (Å²) in [5, 5.41) is 0.501. The van der Waals surface area contributed by atoms with Crippen molar-refractivity contribution in [2.45, 2.75) is 19.8 Å². The molecule has 0 N–H and O–H groups in total. The number of halogens is 1. The fourth-order valence-electron chi connectivity index (χ4n) is 2.73. The molecule has 1 saturated heterocycles. The fraction of sp³-hybridized carbons (Fsp3) is 0.500. The first kappa shape index (κ1) is 17.0. The third kappa shape index (κ3) is 4.11. The number of rotatable bonds is 4. The lowest BCUT2D eigenvalue weighted by Gasteiger charge is -2.35. The standard InChI is InChI=1S/C16H22FN2O2P/c1-11(20)14(13-3-4-16(22)15(17)9-13)10-18-5-7-19(8-6-18)12(2)21/h3-4,9,14H,5-8,10,22H2,1-2H3. The van der Waals surface area contributed by atoms with Crippen LogP contribution in [-0.4, -0.2) is 54.2 Å². The lowest BCUT2D eigenvalue weighted by molar-refractivity contribution is -0.131. The van der Waals surface area contributed by atoms with E-state index in [1.165, 1.54) is 6.07 Å². The molecule has 4 nitrogen and oxygen atoms in total. The van der Waals surface area contributed by atoms with Crippen LogP contribution < -0.4 is 5.30 Å². The van der Waals surface area contributed by atoms with Crippen molar-refractivity contribution in [3.05, 3.63) is 29.6 Å². The summed E-state index contributed by atoms with van der Waals surface area (Å²) in [6.07, 6.45) is 0. The van der Waals surface area contributed by atoms with Crippen molar-refractivity contribution >= 4 is 26.2 Å². The van der Waals surface area contributed by atoms with E-state index in [9.17, 15) is 14.0 Å². The lowest BCUT2D eigenvalue weighted by Crippen LogP contribution is -2.49. The van der Waals surface area contributed by atoms with Crippen molar-refractivity contribution in [3.63, 3.8) is 0 Å². The van der Waals surface area contributed by atoms with Gasteiger partial charge in [0.05, 0.1) is 5.92 Å². The maximum atomic E-state index is 13.7. The van der Waals surface area contributed by atoms with Gasteiger partial charge in [-0.1, -0.05) is 12.1 Å². The molecule has 0 aliphatic carbocycles. The first-order chi connectivity index (χ1) is 10.4. The molecule has 0 spiro atoms. The number of ketones is 1. The third-order valence-electron chi connectivity index (χ3n) is 4.18. The third-order valence-corrected chi connectivity index (χ3v) is 4.64. The molecule has 120 valence electrons. The molecule has 2 unspecified atom stereocenters. The highest BCUT2D eigenvalue weighted by Gasteiger charge is 2.24. The highest BCUT2D eigenvalue weighted by Crippen LogP contribution is 2.20. The van der Waals surface area contributed by atoms with Crippen molar-refractivity contribution < 1.29 is 14.0 Å². The number of nitrogens with zero attached hydrogens (tertiary/aromatic N) is 2. The van der Waals surface area contributed by atoms with Gasteiger partial charge in [0.1, 0.15) is 11.6 Å². The predicted octanol–water partition coefficient (Wildman–Crippen LogP) is 1.16. The van der Waals surface area contributed by atoms with Crippen molar-refractivity contribution in [2.75, 3.05) is 32.7 Å². The number of carbonyl (C=O) groups is 2. The molecule has 6 heteroatoms. The minimum Gasteiger partial charge on any atom is -0.340 e. The van der Waals surface area contributed by atoms with Crippen LogP contribution in [0.5, 0.6) is 0 Å². The van der Waals surface area contributed by atoms with Crippen LogP contribution >= 0.6 is 9.24 Å². The molecule has 1 aromatic rings. The van der Waals surface area contributed by atoms with Gasteiger partial charge in [-0.05, 0) is 18.6 Å². The van der Waals surface area contributed by atoms with Gasteiger partial charge in [-0.15, -0.1) is 9.24 Å². The Labute approximate surface area is 132 Å². The second-order valence-electron chi connectivity index (χ2n) is 5.75. The number of carbonyl (C=O) groups excluding carboxylic acids is 2. The molecule has 0 saturated carbocycles. The summed E-state index contributed by atoms with van der Waals surface area (Å²) < 4.78 is 13.7. The molecular formula is C16H22FN2O2P. The first-order valence-corrected chi connectivity index (χ1v) is 7.99. The molecule has 1 heterocycles. The number of benzene rings is 1. The molecular weight excluding hydrogens is 302 g/mol. The highest BCUT2D eigenvalue weighted by molar-refractivity contribution is 7.27. The zero-order valence-electron chi connectivity index (χ0n) is 13.0. The van der Waals surface area contributed by atoms with Gasteiger partial charge in [-0.2, -0.15) is 0 Å². The molecule has 1 amide bonds. The molecule has 0 aromatic heterocycles. The van der Waals surface area contributed by atoms with Gasteiger partial charge in [0.25, 0.3) is 0 Å². The van der Waals surface area contributed by atoms with Crippen LogP contribution in [0.2, 0.25) is 0 Å². The van der Waals surface area contributed by atoms with Crippen molar-refractivity contribution in [1.29, 1.82) is 0 Å². The van der Waals surface area contributed by atoms with Crippen LogP contribution in [0.15, 0.2) is 18.2 Å². The number of piperazine rings is 1. The van der Waals surface area contributed by atoms with E-state index in [0.29, 0.717) is 30.5 Å². The van der Waals surface area contributed by atoms with Crippen molar-refractivity contribution in [3.8, 4) is 0 Å². The smallest absolute Gasteiger partial charge is 0.219 e. The summed E-state index contributed by atoms with van der Waals surface area (Å²) in [5.41, 5.74) is 0.713. The molecule has 1 aliphatic heterocycles. The van der Waals surface area contributed by atoms with Gasteiger partial charge in [0.2, 0.25) is 5.91 Å². The van der Waals surface area contributed by atoms with E-state index in [4.69, 9.17) is 0 Å². The molecule has 1 aromatic carbocycles. The fourth-order valence-corrected chi connectivity index (χ4v) is 2.91. The quantitative estimate of drug-likeness (QED) is 0.781. The van der Waals surface area contributed by atoms with Gasteiger partial charge < -0.3 is 4.90 Å². The number of Topliss-reactive ketones (excluding diaryl/α,β-unsaturated/α-hetero) is 1. The van der Waals surface area contributed by atoms with Crippen LogP contribution in [-0.2, 0) is 9.59 Å². The Hall–Kier alpha value is -1.32. The maximum absolute atomic E-state index is 13.7. The normalized spacial score (nSPS) is 17.4. The van der Waals surface area contributed by atoms with Gasteiger partial charge in [-0.3, -0.25) is 14.5 Å². The SMILES string of the molecule is CC(=O)C(CN1CCN(C(C)=O)CC1)c1ccc(P)c(F)c1. The van der Waals surface area contributed by atoms with E-state index in [1.54, 1.807) is 19.9 Å². The van der Waals surface area contributed by atoms with E-state index < -0.39 is 0 Å². The highest BCUT2D eigenvalue weighted by atomic mass is 31.0. The Morgan fingerprint density at radius 2 is 1.86 bits per heavy atom. The second kappa shape index (κ2) is 7.30. The lowest BCUT2D eigenvalue weighted by atomic mass is 9.94. The zero-order valence-corrected chi connectivity index (χ0v) is 14.2. The maximum Gasteiger partial charge on any atom is 0.219 e. The Morgan fingerprint density at radius 1 is 1.23 bits per heavy atom. The number of hydrogen-bond acceptors (Lipinski definition) is 3. The molecule has 0 radical (unpaired) electrons. The van der Waals surface area contributed by atoms with Gasteiger partial charge in [0, 0.05) is 45.0 Å². The molecule has 0 bridgehead atoms. The molecule has 1 aliphatic rings. The summed E-state index contributed by atoms with van der Waals surface area (Å²) in [6.45, 7) is 6.53. The first-order valence-electron chi connectivity index (χ1n) is 7.41. The van der Waals surface area contributed by atoms with Crippen LogP contribution in [0.3, 0.4) is 0 Å². The van der Waals surface area contributed by atoms with E-state index in [0.717, 1.165) is 13.1 Å². The molecule has 1 fully saturated rings. The largest absolute Gasteiger partial charge is 0.340 e. The Morgan fingerprint density at radius 3 is 2.36 bits per heavy atom. The second-order valence-corrected chi connectivity index (χ2v) is 6.37. The zero-order chi connectivity index (χ0) is 16.3. The minimum absolute atomic E-state index is 0.0323. The summed E-state index contributed by atoms with van der Waals surface area (Å²) in [7, 11) is 2.34. The van der Waals surface area contributed by atoms with Crippen LogP contribution in [0.1, 0.15) is 25.3 Å². The van der Waals surface area contributed by atoms with Crippen LogP contribution in [0, 0.1) is 5.82 Å². The summed E-state index contributed by atoms with van der Waals surface area (Å²) >= 11 is 0. The van der Waals surface area contributed by atoms with E-state index in [1.807, 2.05) is 11.0 Å². The van der Waals surface area contributed by atoms with E-state index in [2.05, 4.69) is 14.1 Å². The van der Waals surface area contributed by atoms with Crippen LogP contribution in [0.4, 0.5) is 4.39 Å². The van der Waals surface area contributed by atoms with Gasteiger partial charge in [-0.25, -0.2) is 4.39 Å². The molecule has 22 heavy (non-hydrogen) atoms. The van der Waals surface area contributed by atoms with Crippen molar-refractivity contribution in [2.24, 2.45) is 0 Å². The summed E-state index contributed by atoms with van der Waals surface area (Å²) in [6, 6.07) is 4.93. The summed E-state index contributed by atoms with van der Waals surface area (Å²) in [5.74, 6) is -0.523. The average Bonchev–Trinajstić information content (AvgIpc) is 2.48. The summed E-state index contributed by atoms with van der Waals surface area (Å²) in [4.78, 5) is 27.3. The van der Waals surface area contributed by atoms with E-state index in [-0.39, 0.29) is 23.4 Å². The Balaban J connectivity index is 2.05. The minimum atomic E-state index is -0.330. The molecule has 2 rings (SSSR count). The number of hydrogen-bond donors (Lipinski definition) is 0. The topological polar surface area (TPSA) is 40.6 Å². The van der Waals surface area contributed by atoms with Gasteiger partial charge in [0.15, 0.2) is 0 Å². The number of amides is 1. The Bertz CT molecular complexity index is 571. The van der Waals surface area contributed by atoms with Crippen molar-refractivity contribution in [1.82, 2.24) is 9.80 Å². The Kier molecular flexibility index (Phi) is 5.65. The van der Waals surface area contributed by atoms with Crippen LogP contribution in [0.25, 0.3) is 0 Å². The predicted molar refractivity (Wildman–Crippen MR) is 87.9 cm³/mol. The van der Waals surface area contributed by atoms with Gasteiger partial charge >= 0.3 is 0 Å². The monoisotopic (exact) mass is 324 g/mol. The van der Waals surface area contributed by atoms with E-state index >= 15 is 0 Å². The molecule has 2 atom stereocenters.